The van der Waals surface area contributed by atoms with E-state index in [0.29, 0.717) is 27.1 Å². The maximum absolute atomic E-state index is 13.3. The average molecular weight is 498 g/mol. The molecule has 178 valence electrons. The number of likely N-dealkylation sites (N-methyl/N-ethyl adjacent to an activating group) is 1. The van der Waals surface area contributed by atoms with Gasteiger partial charge in [-0.25, -0.2) is 0 Å². The molecule has 0 saturated carbocycles. The van der Waals surface area contributed by atoms with E-state index in [4.69, 9.17) is 16.6 Å². The first kappa shape index (κ1) is 24.3. The molecule has 0 radical (unpaired) electrons. The van der Waals surface area contributed by atoms with Gasteiger partial charge in [-0.1, -0.05) is 30.9 Å². The zero-order valence-corrected chi connectivity index (χ0v) is 21.2. The number of hydrogen-bond acceptors (Lipinski definition) is 8. The van der Waals surface area contributed by atoms with Gasteiger partial charge < -0.3 is 14.2 Å². The van der Waals surface area contributed by atoms with E-state index < -0.39 is 0 Å². The molecule has 2 aromatic heterocycles. The maximum atomic E-state index is 13.3. The molecule has 2 aliphatic heterocycles. The SMILES string of the molecule is CCN1CCN(c2c(/C=C3\SC(=S)N(Cc4ccco4)C3=O)c(C)c(C#N)c(=O)n2CC)CC1. The number of hydrogen-bond donors (Lipinski definition) is 0. The molecule has 2 aliphatic rings. The first-order valence-corrected chi connectivity index (χ1v) is 12.5. The Balaban J connectivity index is 1.80. The lowest BCUT2D eigenvalue weighted by molar-refractivity contribution is -0.122. The zero-order valence-electron chi connectivity index (χ0n) is 19.5. The lowest BCUT2D eigenvalue weighted by Gasteiger charge is -2.37. The van der Waals surface area contributed by atoms with Crippen LogP contribution in [0.15, 0.2) is 32.5 Å². The Kier molecular flexibility index (Phi) is 7.26. The number of carbonyl (C=O) groups excluding carboxylic acids is 1. The number of nitrogens with zero attached hydrogens (tertiary/aromatic N) is 5. The number of furan rings is 1. The molecule has 2 fully saturated rings. The predicted octanol–water partition coefficient (Wildman–Crippen LogP) is 3.18. The summed E-state index contributed by atoms with van der Waals surface area (Å²) < 4.78 is 7.49. The highest BCUT2D eigenvalue weighted by Gasteiger charge is 2.34. The third-order valence-electron chi connectivity index (χ3n) is 6.32. The van der Waals surface area contributed by atoms with Crippen molar-refractivity contribution < 1.29 is 9.21 Å². The number of carbonyl (C=O) groups is 1. The summed E-state index contributed by atoms with van der Waals surface area (Å²) in [6.45, 7) is 10.8. The molecule has 34 heavy (non-hydrogen) atoms. The molecule has 0 unspecified atom stereocenters. The molecular formula is C24H27N5O3S2. The molecule has 2 saturated heterocycles. The Morgan fingerprint density at radius 3 is 2.53 bits per heavy atom. The maximum Gasteiger partial charge on any atom is 0.270 e. The number of amides is 1. The van der Waals surface area contributed by atoms with Gasteiger partial charge in [-0.05, 0) is 44.2 Å². The van der Waals surface area contributed by atoms with Crippen molar-refractivity contribution in [3.63, 3.8) is 0 Å². The molecule has 4 heterocycles. The molecule has 4 rings (SSSR count). The molecule has 2 aromatic rings. The Morgan fingerprint density at radius 2 is 1.94 bits per heavy atom. The van der Waals surface area contributed by atoms with Crippen molar-refractivity contribution in [3.05, 3.63) is 56.1 Å². The summed E-state index contributed by atoms with van der Waals surface area (Å²) in [4.78, 5) is 32.9. The van der Waals surface area contributed by atoms with E-state index in [2.05, 4.69) is 22.8 Å². The van der Waals surface area contributed by atoms with Gasteiger partial charge in [-0.3, -0.25) is 19.1 Å². The fraction of sp³-hybridized carbons (Fsp3) is 0.417. The largest absolute Gasteiger partial charge is 0.467 e. The smallest absolute Gasteiger partial charge is 0.270 e. The Hall–Kier alpha value is -2.87. The second kappa shape index (κ2) is 10.2. The zero-order chi connectivity index (χ0) is 24.4. The molecule has 0 aliphatic carbocycles. The van der Waals surface area contributed by atoms with Crippen molar-refractivity contribution in [1.82, 2.24) is 14.4 Å². The van der Waals surface area contributed by atoms with Crippen molar-refractivity contribution >= 4 is 46.1 Å². The van der Waals surface area contributed by atoms with E-state index in [-0.39, 0.29) is 23.6 Å². The first-order chi connectivity index (χ1) is 16.4. The number of thiocarbonyl (C=S) groups is 1. The van der Waals surface area contributed by atoms with E-state index >= 15 is 0 Å². The van der Waals surface area contributed by atoms with Gasteiger partial charge in [0.1, 0.15) is 27.5 Å². The summed E-state index contributed by atoms with van der Waals surface area (Å²) in [6.07, 6.45) is 3.36. The van der Waals surface area contributed by atoms with Crippen molar-refractivity contribution in [3.8, 4) is 6.07 Å². The van der Waals surface area contributed by atoms with Crippen molar-refractivity contribution in [2.75, 3.05) is 37.6 Å². The molecule has 10 heteroatoms. The van der Waals surface area contributed by atoms with Gasteiger partial charge in [-0.15, -0.1) is 0 Å². The number of anilines is 1. The van der Waals surface area contributed by atoms with Gasteiger partial charge >= 0.3 is 0 Å². The van der Waals surface area contributed by atoms with Crippen LogP contribution < -0.4 is 10.5 Å². The van der Waals surface area contributed by atoms with Crippen molar-refractivity contribution in [1.29, 1.82) is 5.26 Å². The van der Waals surface area contributed by atoms with Crippen LogP contribution in [0, 0.1) is 18.3 Å². The van der Waals surface area contributed by atoms with Gasteiger partial charge in [0.15, 0.2) is 0 Å². The van der Waals surface area contributed by atoms with Crippen molar-refractivity contribution in [2.45, 2.75) is 33.9 Å². The normalized spacial score (nSPS) is 18.2. The summed E-state index contributed by atoms with van der Waals surface area (Å²) in [5, 5.41) is 9.74. The Morgan fingerprint density at radius 1 is 1.21 bits per heavy atom. The minimum atomic E-state index is -0.294. The van der Waals surface area contributed by atoms with Gasteiger partial charge in [0.25, 0.3) is 11.5 Å². The summed E-state index contributed by atoms with van der Waals surface area (Å²) in [5.74, 6) is 1.20. The minimum Gasteiger partial charge on any atom is -0.467 e. The van der Waals surface area contributed by atoms with Crippen molar-refractivity contribution in [2.24, 2.45) is 0 Å². The van der Waals surface area contributed by atoms with Gasteiger partial charge in [0, 0.05) is 38.3 Å². The van der Waals surface area contributed by atoms with Crippen LogP contribution in [-0.4, -0.2) is 57.3 Å². The first-order valence-electron chi connectivity index (χ1n) is 11.3. The fourth-order valence-electron chi connectivity index (χ4n) is 4.38. The highest BCUT2D eigenvalue weighted by Crippen LogP contribution is 2.36. The summed E-state index contributed by atoms with van der Waals surface area (Å²) >= 11 is 6.71. The van der Waals surface area contributed by atoms with E-state index in [9.17, 15) is 14.9 Å². The molecule has 0 aromatic carbocycles. The Labute approximate surface area is 208 Å². The fourth-order valence-corrected chi connectivity index (χ4v) is 5.62. The number of thioether (sulfide) groups is 1. The van der Waals surface area contributed by atoms with E-state index in [1.165, 1.54) is 16.7 Å². The number of piperazine rings is 1. The third kappa shape index (κ3) is 4.43. The number of rotatable bonds is 6. The monoisotopic (exact) mass is 497 g/mol. The third-order valence-corrected chi connectivity index (χ3v) is 7.70. The summed E-state index contributed by atoms with van der Waals surface area (Å²) in [5.41, 5.74) is 1.12. The topological polar surface area (TPSA) is 85.7 Å². The number of pyridine rings is 1. The number of nitriles is 1. The average Bonchev–Trinajstić information content (AvgIpc) is 3.45. The Bertz CT molecular complexity index is 1230. The quantitative estimate of drug-likeness (QED) is 0.444. The lowest BCUT2D eigenvalue weighted by atomic mass is 10.0. The molecular weight excluding hydrogens is 470 g/mol. The van der Waals surface area contributed by atoms with Crippen LogP contribution in [-0.2, 0) is 17.9 Å². The predicted molar refractivity (Wildman–Crippen MR) is 138 cm³/mol. The molecule has 8 nitrogen and oxygen atoms in total. The molecule has 1 amide bonds. The van der Waals surface area contributed by atoms with E-state index in [1.807, 2.05) is 6.92 Å². The number of aromatic nitrogens is 1. The van der Waals surface area contributed by atoms with E-state index in [1.54, 1.807) is 36.0 Å². The molecule has 0 spiro atoms. The minimum absolute atomic E-state index is 0.107. The summed E-state index contributed by atoms with van der Waals surface area (Å²) in [6, 6.07) is 5.65. The van der Waals surface area contributed by atoms with Gasteiger partial charge in [0.2, 0.25) is 0 Å². The second-order valence-corrected chi connectivity index (χ2v) is 9.84. The molecule has 0 atom stereocenters. The van der Waals surface area contributed by atoms with Gasteiger partial charge in [-0.2, -0.15) is 5.26 Å². The molecule has 0 bridgehead atoms. The molecule has 0 N–H and O–H groups in total. The van der Waals surface area contributed by atoms with Crippen LogP contribution in [0.1, 0.15) is 36.3 Å². The van der Waals surface area contributed by atoms with Crippen LogP contribution in [0.4, 0.5) is 5.82 Å². The summed E-state index contributed by atoms with van der Waals surface area (Å²) in [7, 11) is 0. The van der Waals surface area contributed by atoms with Crippen LogP contribution in [0.3, 0.4) is 0 Å². The highest BCUT2D eigenvalue weighted by atomic mass is 32.2. The van der Waals surface area contributed by atoms with Crippen LogP contribution in [0.2, 0.25) is 0 Å². The van der Waals surface area contributed by atoms with Gasteiger partial charge in [0.05, 0.1) is 17.7 Å². The van der Waals surface area contributed by atoms with Crippen LogP contribution in [0.25, 0.3) is 6.08 Å². The van der Waals surface area contributed by atoms with Crippen LogP contribution >= 0.6 is 24.0 Å². The standard InChI is InChI=1S/C24H27N5O3S2/c1-4-26-8-10-27(11-9-26)21-18(16(3)19(14-25)22(30)28(21)5-2)13-20-23(31)29(24(33)34-20)15-17-7-6-12-32-17/h6-7,12-13H,4-5,8-11,15H2,1-3H3/b20-13-. The lowest BCUT2D eigenvalue weighted by Crippen LogP contribution is -2.48. The highest BCUT2D eigenvalue weighted by molar-refractivity contribution is 8.26. The van der Waals surface area contributed by atoms with E-state index in [0.717, 1.165) is 44.1 Å². The van der Waals surface area contributed by atoms with Crippen LogP contribution in [0.5, 0.6) is 0 Å². The second-order valence-electron chi connectivity index (χ2n) is 8.17.